The molecule has 0 aliphatic rings. The fourth-order valence-electron chi connectivity index (χ4n) is 2.04. The van der Waals surface area contributed by atoms with E-state index in [0.29, 0.717) is 0 Å². The van der Waals surface area contributed by atoms with Crippen LogP contribution in [0.25, 0.3) is 21.7 Å². The van der Waals surface area contributed by atoms with Crippen molar-refractivity contribution in [3.8, 4) is 0 Å². The third kappa shape index (κ3) is 1.34. The van der Waals surface area contributed by atoms with Crippen molar-refractivity contribution in [1.82, 2.24) is 9.97 Å². The largest absolute Gasteiger partial charge is 0.261 e. The van der Waals surface area contributed by atoms with Gasteiger partial charge in [-0.3, -0.25) is 9.97 Å². The first-order chi connectivity index (χ1) is 7.74. The van der Waals surface area contributed by atoms with Gasteiger partial charge < -0.3 is 0 Å². The van der Waals surface area contributed by atoms with Crippen molar-refractivity contribution in [2.75, 3.05) is 0 Å². The van der Waals surface area contributed by atoms with Gasteiger partial charge in [0.15, 0.2) is 0 Å². The number of nitrogens with zero attached hydrogens (tertiary/aromatic N) is 2. The normalized spacial score (nSPS) is 11.1. The summed E-state index contributed by atoms with van der Waals surface area (Å²) in [6.07, 6.45) is 3.82. The van der Waals surface area contributed by atoms with Crippen molar-refractivity contribution in [3.05, 3.63) is 47.9 Å². The first-order valence-electron chi connectivity index (χ1n) is 5.36. The topological polar surface area (TPSA) is 25.8 Å². The second-order valence-electron chi connectivity index (χ2n) is 4.20. The lowest BCUT2D eigenvalue weighted by molar-refractivity contribution is 1.22. The summed E-state index contributed by atoms with van der Waals surface area (Å²) in [6.45, 7) is 4.07. The van der Waals surface area contributed by atoms with Crippen LogP contribution in [0.4, 0.5) is 0 Å². The van der Waals surface area contributed by atoms with Gasteiger partial charge in [-0.05, 0) is 36.9 Å². The van der Waals surface area contributed by atoms with Crippen LogP contribution in [-0.2, 0) is 0 Å². The summed E-state index contributed by atoms with van der Waals surface area (Å²) in [5.74, 6) is 0. The Kier molecular flexibility index (Phi) is 1.90. The SMILES string of the molecule is Cc1cnc2c(ccc3cc(C)ncc32)c1. The number of benzene rings is 1. The Morgan fingerprint density at radius 1 is 0.875 bits per heavy atom. The maximum Gasteiger partial charge on any atom is 0.0795 e. The van der Waals surface area contributed by atoms with E-state index < -0.39 is 0 Å². The highest BCUT2D eigenvalue weighted by Crippen LogP contribution is 2.23. The standard InChI is InChI=1S/C14H12N2/c1-9-5-12-4-3-11-6-10(2)15-8-13(11)14(12)16-7-9/h3-8H,1-2H3. The van der Waals surface area contributed by atoms with Gasteiger partial charge in [0, 0.05) is 28.9 Å². The molecule has 2 heteroatoms. The van der Waals surface area contributed by atoms with E-state index in [2.05, 4.69) is 41.2 Å². The number of rotatable bonds is 0. The molecule has 0 aliphatic carbocycles. The molecule has 3 rings (SSSR count). The van der Waals surface area contributed by atoms with Gasteiger partial charge in [0.1, 0.15) is 0 Å². The molecule has 1 aromatic carbocycles. The summed E-state index contributed by atoms with van der Waals surface area (Å²) in [4.78, 5) is 8.84. The Labute approximate surface area is 94.0 Å². The lowest BCUT2D eigenvalue weighted by Gasteiger charge is -2.04. The summed E-state index contributed by atoms with van der Waals surface area (Å²) in [5.41, 5.74) is 3.27. The van der Waals surface area contributed by atoms with Crippen molar-refractivity contribution >= 4 is 21.7 Å². The lowest BCUT2D eigenvalue weighted by atomic mass is 10.1. The van der Waals surface area contributed by atoms with Gasteiger partial charge in [0.25, 0.3) is 0 Å². The van der Waals surface area contributed by atoms with Crippen LogP contribution in [0.15, 0.2) is 36.7 Å². The van der Waals surface area contributed by atoms with Crippen LogP contribution in [0.5, 0.6) is 0 Å². The zero-order valence-electron chi connectivity index (χ0n) is 9.36. The molecule has 0 saturated heterocycles. The fraction of sp³-hybridized carbons (Fsp3) is 0.143. The van der Waals surface area contributed by atoms with E-state index in [4.69, 9.17) is 0 Å². The number of hydrogen-bond acceptors (Lipinski definition) is 2. The van der Waals surface area contributed by atoms with E-state index in [1.54, 1.807) is 0 Å². The maximum atomic E-state index is 4.50. The lowest BCUT2D eigenvalue weighted by Crippen LogP contribution is -1.86. The van der Waals surface area contributed by atoms with Crippen molar-refractivity contribution in [2.45, 2.75) is 13.8 Å². The Morgan fingerprint density at radius 2 is 1.69 bits per heavy atom. The van der Waals surface area contributed by atoms with Gasteiger partial charge in [-0.25, -0.2) is 0 Å². The Morgan fingerprint density at radius 3 is 2.56 bits per heavy atom. The monoisotopic (exact) mass is 208 g/mol. The number of fused-ring (bicyclic) bond motifs is 3. The first-order valence-corrected chi connectivity index (χ1v) is 5.36. The molecule has 0 aliphatic heterocycles. The molecule has 0 saturated carbocycles. The first kappa shape index (κ1) is 9.28. The predicted octanol–water partition coefficient (Wildman–Crippen LogP) is 3.40. The molecule has 0 amide bonds. The second kappa shape index (κ2) is 3.27. The summed E-state index contributed by atoms with van der Waals surface area (Å²) < 4.78 is 0. The predicted molar refractivity (Wildman–Crippen MR) is 66.5 cm³/mol. The van der Waals surface area contributed by atoms with Crippen molar-refractivity contribution in [3.63, 3.8) is 0 Å². The smallest absolute Gasteiger partial charge is 0.0795 e. The van der Waals surface area contributed by atoms with Crippen LogP contribution in [0.2, 0.25) is 0 Å². The Bertz CT molecular complexity index is 626. The molecule has 2 aromatic heterocycles. The molecule has 0 spiro atoms. The molecule has 16 heavy (non-hydrogen) atoms. The molecule has 0 N–H and O–H groups in total. The van der Waals surface area contributed by atoms with Gasteiger partial charge in [0.2, 0.25) is 0 Å². The number of aryl methyl sites for hydroxylation is 2. The molecule has 78 valence electrons. The van der Waals surface area contributed by atoms with Crippen molar-refractivity contribution in [2.24, 2.45) is 0 Å². The van der Waals surface area contributed by atoms with E-state index >= 15 is 0 Å². The second-order valence-corrected chi connectivity index (χ2v) is 4.20. The van der Waals surface area contributed by atoms with Crippen LogP contribution >= 0.6 is 0 Å². The van der Waals surface area contributed by atoms with Gasteiger partial charge in [0.05, 0.1) is 5.52 Å². The van der Waals surface area contributed by atoms with E-state index in [1.807, 2.05) is 19.3 Å². The average molecular weight is 208 g/mol. The fourth-order valence-corrected chi connectivity index (χ4v) is 2.04. The third-order valence-corrected chi connectivity index (χ3v) is 2.82. The van der Waals surface area contributed by atoms with Gasteiger partial charge in [-0.2, -0.15) is 0 Å². The zero-order valence-corrected chi connectivity index (χ0v) is 9.36. The molecule has 2 heterocycles. The maximum absolute atomic E-state index is 4.50. The molecular formula is C14H12N2. The van der Waals surface area contributed by atoms with Crippen LogP contribution < -0.4 is 0 Å². The van der Waals surface area contributed by atoms with E-state index in [0.717, 1.165) is 16.6 Å². The van der Waals surface area contributed by atoms with Gasteiger partial charge in [-0.1, -0.05) is 12.1 Å². The molecule has 0 atom stereocenters. The summed E-state index contributed by atoms with van der Waals surface area (Å²) in [6, 6.07) is 8.50. The highest BCUT2D eigenvalue weighted by Gasteiger charge is 2.02. The van der Waals surface area contributed by atoms with E-state index in [1.165, 1.54) is 16.3 Å². The molecule has 0 radical (unpaired) electrons. The van der Waals surface area contributed by atoms with E-state index in [-0.39, 0.29) is 0 Å². The summed E-state index contributed by atoms with van der Waals surface area (Å²) >= 11 is 0. The van der Waals surface area contributed by atoms with E-state index in [9.17, 15) is 0 Å². The quantitative estimate of drug-likeness (QED) is 0.529. The van der Waals surface area contributed by atoms with Gasteiger partial charge in [-0.15, -0.1) is 0 Å². The summed E-state index contributed by atoms with van der Waals surface area (Å²) in [5, 5.41) is 3.51. The summed E-state index contributed by atoms with van der Waals surface area (Å²) in [7, 11) is 0. The van der Waals surface area contributed by atoms with Crippen LogP contribution in [0.1, 0.15) is 11.3 Å². The highest BCUT2D eigenvalue weighted by molar-refractivity contribution is 6.04. The molecule has 2 nitrogen and oxygen atoms in total. The Hall–Kier alpha value is -1.96. The molecule has 3 aromatic rings. The van der Waals surface area contributed by atoms with Crippen LogP contribution in [-0.4, -0.2) is 9.97 Å². The van der Waals surface area contributed by atoms with Crippen LogP contribution in [0, 0.1) is 13.8 Å². The Balaban J connectivity index is 2.50. The number of hydrogen-bond donors (Lipinski definition) is 0. The number of aromatic nitrogens is 2. The minimum atomic E-state index is 1.04. The minimum Gasteiger partial charge on any atom is -0.261 e. The van der Waals surface area contributed by atoms with Gasteiger partial charge >= 0.3 is 0 Å². The van der Waals surface area contributed by atoms with Crippen molar-refractivity contribution < 1.29 is 0 Å². The van der Waals surface area contributed by atoms with Crippen molar-refractivity contribution in [1.29, 1.82) is 0 Å². The molecule has 0 fully saturated rings. The molecular weight excluding hydrogens is 196 g/mol. The molecule has 0 bridgehead atoms. The zero-order chi connectivity index (χ0) is 11.1. The minimum absolute atomic E-state index is 1.04. The third-order valence-electron chi connectivity index (χ3n) is 2.82. The molecule has 0 unspecified atom stereocenters. The average Bonchev–Trinajstić information content (AvgIpc) is 2.28. The highest BCUT2D eigenvalue weighted by atomic mass is 14.7. The van der Waals surface area contributed by atoms with Crippen LogP contribution in [0.3, 0.4) is 0 Å². The number of pyridine rings is 2.